The van der Waals surface area contributed by atoms with Gasteiger partial charge >= 0.3 is 0 Å². The van der Waals surface area contributed by atoms with E-state index >= 15 is 0 Å². The monoisotopic (exact) mass is 402 g/mol. The van der Waals surface area contributed by atoms with Crippen molar-refractivity contribution in [1.82, 2.24) is 20.0 Å². The molecule has 1 saturated heterocycles. The predicted octanol–water partition coefficient (Wildman–Crippen LogP) is 3.60. The molecule has 1 aliphatic heterocycles. The second-order valence-corrected chi connectivity index (χ2v) is 7.00. The van der Waals surface area contributed by atoms with E-state index in [2.05, 4.69) is 15.1 Å². The number of ether oxygens (including phenoxy) is 1. The Hall–Kier alpha value is -3.94. The number of rotatable bonds is 5. The molecule has 2 aromatic heterocycles. The SMILES string of the molecule is Cc1ncoc1C(=O)N1CC(Oc2ccccc2-c2nc(-c3ccccc3)no2)C1. The zero-order valence-corrected chi connectivity index (χ0v) is 16.2. The summed E-state index contributed by atoms with van der Waals surface area (Å²) < 4.78 is 16.8. The van der Waals surface area contributed by atoms with Crippen molar-refractivity contribution < 1.29 is 18.5 Å². The Bertz CT molecular complexity index is 1180. The maximum atomic E-state index is 12.4. The average molecular weight is 402 g/mol. The number of aryl methyl sites for hydroxylation is 1. The highest BCUT2D eigenvalue weighted by atomic mass is 16.5. The van der Waals surface area contributed by atoms with Crippen LogP contribution in [0.25, 0.3) is 22.8 Å². The summed E-state index contributed by atoms with van der Waals surface area (Å²) >= 11 is 0. The van der Waals surface area contributed by atoms with E-state index in [4.69, 9.17) is 13.7 Å². The summed E-state index contributed by atoms with van der Waals surface area (Å²) in [5.74, 6) is 1.63. The van der Waals surface area contributed by atoms with Gasteiger partial charge in [0.25, 0.3) is 11.8 Å². The van der Waals surface area contributed by atoms with Crippen LogP contribution in [0.5, 0.6) is 5.75 Å². The molecule has 8 nitrogen and oxygen atoms in total. The third-order valence-corrected chi connectivity index (χ3v) is 4.94. The Morgan fingerprint density at radius 2 is 1.87 bits per heavy atom. The number of benzene rings is 2. The molecule has 0 bridgehead atoms. The molecular formula is C22H18N4O4. The summed E-state index contributed by atoms with van der Waals surface area (Å²) in [7, 11) is 0. The molecule has 5 rings (SSSR count). The lowest BCUT2D eigenvalue weighted by atomic mass is 10.1. The van der Waals surface area contributed by atoms with Crippen LogP contribution in [0.1, 0.15) is 16.2 Å². The number of amides is 1. The lowest BCUT2D eigenvalue weighted by molar-refractivity contribution is 0.0156. The quantitative estimate of drug-likeness (QED) is 0.503. The van der Waals surface area contributed by atoms with Crippen molar-refractivity contribution in [3.63, 3.8) is 0 Å². The zero-order valence-electron chi connectivity index (χ0n) is 16.2. The van der Waals surface area contributed by atoms with Gasteiger partial charge < -0.3 is 18.6 Å². The number of nitrogens with zero attached hydrogens (tertiary/aromatic N) is 4. The maximum absolute atomic E-state index is 12.4. The second kappa shape index (κ2) is 7.47. The molecule has 0 unspecified atom stereocenters. The zero-order chi connectivity index (χ0) is 20.5. The summed E-state index contributed by atoms with van der Waals surface area (Å²) in [6.07, 6.45) is 1.15. The second-order valence-electron chi connectivity index (χ2n) is 7.00. The number of para-hydroxylation sites is 1. The van der Waals surface area contributed by atoms with Crippen LogP contribution < -0.4 is 4.74 Å². The first-order valence-corrected chi connectivity index (χ1v) is 9.53. The molecule has 4 aromatic rings. The number of hydrogen-bond donors (Lipinski definition) is 0. The van der Waals surface area contributed by atoms with E-state index in [0.29, 0.717) is 41.8 Å². The van der Waals surface area contributed by atoms with Crippen molar-refractivity contribution in [2.45, 2.75) is 13.0 Å². The van der Waals surface area contributed by atoms with Gasteiger partial charge in [0.05, 0.1) is 24.3 Å². The highest BCUT2D eigenvalue weighted by Crippen LogP contribution is 2.32. The van der Waals surface area contributed by atoms with Gasteiger partial charge in [0, 0.05) is 5.56 Å². The van der Waals surface area contributed by atoms with E-state index in [1.54, 1.807) is 11.8 Å². The number of likely N-dealkylation sites (tertiary alicyclic amines) is 1. The van der Waals surface area contributed by atoms with Gasteiger partial charge in [-0.25, -0.2) is 4.98 Å². The highest BCUT2D eigenvalue weighted by molar-refractivity contribution is 5.93. The number of carbonyl (C=O) groups excluding carboxylic acids is 1. The molecule has 0 spiro atoms. The Balaban J connectivity index is 1.29. The fourth-order valence-corrected chi connectivity index (χ4v) is 3.29. The molecule has 30 heavy (non-hydrogen) atoms. The van der Waals surface area contributed by atoms with E-state index < -0.39 is 0 Å². The molecular weight excluding hydrogens is 384 g/mol. The largest absolute Gasteiger partial charge is 0.486 e. The topological polar surface area (TPSA) is 94.5 Å². The Kier molecular flexibility index (Phi) is 4.51. The lowest BCUT2D eigenvalue weighted by Crippen LogP contribution is -2.56. The average Bonchev–Trinajstić information content (AvgIpc) is 3.40. The van der Waals surface area contributed by atoms with Crippen LogP contribution in [0, 0.1) is 6.92 Å². The predicted molar refractivity (Wildman–Crippen MR) is 107 cm³/mol. The van der Waals surface area contributed by atoms with Gasteiger partial charge in [-0.05, 0) is 19.1 Å². The van der Waals surface area contributed by atoms with Crippen molar-refractivity contribution in [2.75, 3.05) is 13.1 Å². The minimum Gasteiger partial charge on any atom is -0.486 e. The number of aromatic nitrogens is 3. The van der Waals surface area contributed by atoms with Gasteiger partial charge in [0.1, 0.15) is 11.9 Å². The minimum atomic E-state index is -0.178. The smallest absolute Gasteiger partial charge is 0.291 e. The molecule has 3 heterocycles. The minimum absolute atomic E-state index is 0.130. The van der Waals surface area contributed by atoms with Crippen molar-refractivity contribution in [2.24, 2.45) is 0 Å². The first-order valence-electron chi connectivity index (χ1n) is 9.53. The van der Waals surface area contributed by atoms with Crippen LogP contribution in [0.2, 0.25) is 0 Å². The van der Waals surface area contributed by atoms with Gasteiger partial charge in [-0.15, -0.1) is 0 Å². The van der Waals surface area contributed by atoms with Crippen molar-refractivity contribution in [3.8, 4) is 28.6 Å². The summed E-state index contributed by atoms with van der Waals surface area (Å²) in [6.45, 7) is 2.67. The van der Waals surface area contributed by atoms with Gasteiger partial charge in [0.2, 0.25) is 11.6 Å². The van der Waals surface area contributed by atoms with E-state index in [0.717, 1.165) is 5.56 Å². The van der Waals surface area contributed by atoms with Crippen LogP contribution in [-0.2, 0) is 0 Å². The van der Waals surface area contributed by atoms with E-state index in [-0.39, 0.29) is 17.8 Å². The summed E-state index contributed by atoms with van der Waals surface area (Å²) in [5, 5.41) is 4.08. The van der Waals surface area contributed by atoms with Crippen molar-refractivity contribution in [1.29, 1.82) is 0 Å². The van der Waals surface area contributed by atoms with Crippen molar-refractivity contribution in [3.05, 3.63) is 72.4 Å². The summed E-state index contributed by atoms with van der Waals surface area (Å²) in [6, 6.07) is 17.1. The van der Waals surface area contributed by atoms with E-state index in [1.165, 1.54) is 6.39 Å². The molecule has 0 radical (unpaired) electrons. The van der Waals surface area contributed by atoms with Crippen LogP contribution in [0.15, 0.2) is 69.9 Å². The lowest BCUT2D eigenvalue weighted by Gasteiger charge is -2.38. The van der Waals surface area contributed by atoms with Crippen LogP contribution in [0.3, 0.4) is 0 Å². The van der Waals surface area contributed by atoms with Gasteiger partial charge in [-0.2, -0.15) is 4.98 Å². The Labute approximate surface area is 172 Å². The van der Waals surface area contributed by atoms with Gasteiger partial charge in [-0.3, -0.25) is 4.79 Å². The first kappa shape index (κ1) is 18.1. The fraction of sp³-hybridized carbons (Fsp3) is 0.182. The highest BCUT2D eigenvalue weighted by Gasteiger charge is 2.35. The fourth-order valence-electron chi connectivity index (χ4n) is 3.29. The van der Waals surface area contributed by atoms with Gasteiger partial charge in [0.15, 0.2) is 6.39 Å². The van der Waals surface area contributed by atoms with Crippen molar-refractivity contribution >= 4 is 5.91 Å². The molecule has 0 aliphatic carbocycles. The standard InChI is InChI=1S/C22H18N4O4/c1-14-19(28-13-23-14)22(27)26-11-16(12-26)29-18-10-6-5-9-17(18)21-24-20(25-30-21)15-7-3-2-4-8-15/h2-10,13,16H,11-12H2,1H3. The third-order valence-electron chi connectivity index (χ3n) is 4.94. The number of oxazole rings is 1. The molecule has 0 atom stereocenters. The molecule has 0 saturated carbocycles. The number of carbonyl (C=O) groups is 1. The first-order chi connectivity index (χ1) is 14.7. The van der Waals surface area contributed by atoms with Crippen LogP contribution in [-0.4, -0.2) is 45.1 Å². The summed E-state index contributed by atoms with van der Waals surface area (Å²) in [5.41, 5.74) is 2.17. The molecule has 1 amide bonds. The van der Waals surface area contributed by atoms with Crippen LogP contribution >= 0.6 is 0 Å². The normalized spacial score (nSPS) is 13.8. The maximum Gasteiger partial charge on any atom is 0.291 e. The Morgan fingerprint density at radius 3 is 2.63 bits per heavy atom. The number of hydrogen-bond acceptors (Lipinski definition) is 7. The Morgan fingerprint density at radius 1 is 1.10 bits per heavy atom. The third kappa shape index (κ3) is 3.32. The van der Waals surface area contributed by atoms with E-state index in [1.807, 2.05) is 54.6 Å². The molecule has 1 fully saturated rings. The molecule has 2 aromatic carbocycles. The molecule has 8 heteroatoms. The summed E-state index contributed by atoms with van der Waals surface area (Å²) in [4.78, 5) is 22.6. The molecule has 0 N–H and O–H groups in total. The molecule has 1 aliphatic rings. The van der Waals surface area contributed by atoms with E-state index in [9.17, 15) is 4.79 Å². The van der Waals surface area contributed by atoms with Gasteiger partial charge in [-0.1, -0.05) is 47.6 Å². The molecule has 150 valence electrons. The van der Waals surface area contributed by atoms with Crippen LogP contribution in [0.4, 0.5) is 0 Å².